The number of hydrogen-bond acceptors (Lipinski definition) is 6. The van der Waals surface area contributed by atoms with E-state index in [4.69, 9.17) is 5.11 Å². The van der Waals surface area contributed by atoms with Gasteiger partial charge in [0.15, 0.2) is 0 Å². The van der Waals surface area contributed by atoms with Crippen molar-refractivity contribution < 1.29 is 18.3 Å². The molecule has 1 heterocycles. The van der Waals surface area contributed by atoms with E-state index in [0.29, 0.717) is 5.69 Å². The van der Waals surface area contributed by atoms with Gasteiger partial charge in [0.2, 0.25) is 16.0 Å². The molecule has 3 N–H and O–H groups in total. The Kier molecular flexibility index (Phi) is 4.56. The van der Waals surface area contributed by atoms with Gasteiger partial charge >= 0.3 is 5.97 Å². The molecular formula is C9H14N4O4S. The number of carboxylic acid groups (broad SMARTS) is 1. The van der Waals surface area contributed by atoms with Gasteiger partial charge in [0.25, 0.3) is 0 Å². The highest BCUT2D eigenvalue weighted by Crippen LogP contribution is 2.06. The quantitative estimate of drug-likeness (QED) is 0.636. The number of nitrogens with one attached hydrogen (secondary N) is 2. The average molecular weight is 274 g/mol. The van der Waals surface area contributed by atoms with E-state index in [1.165, 1.54) is 13.2 Å². The van der Waals surface area contributed by atoms with Crippen molar-refractivity contribution in [3.63, 3.8) is 0 Å². The fraction of sp³-hybridized carbons (Fsp3) is 0.444. The number of carboxylic acids is 1. The van der Waals surface area contributed by atoms with Crippen LogP contribution in [0.15, 0.2) is 6.20 Å². The molecule has 0 saturated carbocycles. The van der Waals surface area contributed by atoms with Crippen LogP contribution in [0.5, 0.6) is 0 Å². The largest absolute Gasteiger partial charge is 0.478 e. The maximum absolute atomic E-state index is 11.1. The zero-order chi connectivity index (χ0) is 13.8. The van der Waals surface area contributed by atoms with E-state index in [1.54, 1.807) is 6.92 Å². The van der Waals surface area contributed by atoms with Crippen LogP contribution in [-0.4, -0.2) is 48.8 Å². The second-order valence-electron chi connectivity index (χ2n) is 3.45. The number of aromatic carboxylic acids is 1. The maximum Gasteiger partial charge on any atom is 0.339 e. The maximum atomic E-state index is 11.1. The van der Waals surface area contributed by atoms with Crippen LogP contribution in [0.3, 0.4) is 0 Å². The van der Waals surface area contributed by atoms with E-state index >= 15 is 0 Å². The van der Waals surface area contributed by atoms with Crippen LogP contribution < -0.4 is 10.0 Å². The highest BCUT2D eigenvalue weighted by molar-refractivity contribution is 7.89. The summed E-state index contributed by atoms with van der Waals surface area (Å²) in [6.45, 7) is 1.68. The van der Waals surface area contributed by atoms with Crippen LogP contribution in [0.25, 0.3) is 0 Å². The number of hydrogen-bond donors (Lipinski definition) is 3. The van der Waals surface area contributed by atoms with Gasteiger partial charge in [0, 0.05) is 12.7 Å². The summed E-state index contributed by atoms with van der Waals surface area (Å²) in [5.41, 5.74) is 0.333. The second kappa shape index (κ2) is 5.74. The van der Waals surface area contributed by atoms with Gasteiger partial charge in [0.05, 0.1) is 17.0 Å². The summed E-state index contributed by atoms with van der Waals surface area (Å²) in [7, 11) is -1.95. The molecule has 1 aromatic heterocycles. The van der Waals surface area contributed by atoms with Crippen LogP contribution in [0.1, 0.15) is 16.1 Å². The Labute approximate surface area is 105 Å². The van der Waals surface area contributed by atoms with Crippen LogP contribution in [0, 0.1) is 6.92 Å². The summed E-state index contributed by atoms with van der Waals surface area (Å²) in [5, 5.41) is 11.5. The van der Waals surface area contributed by atoms with E-state index in [0.717, 1.165) is 0 Å². The monoisotopic (exact) mass is 274 g/mol. The van der Waals surface area contributed by atoms with E-state index in [1.807, 2.05) is 0 Å². The molecule has 0 aromatic carbocycles. The number of aromatic nitrogens is 2. The van der Waals surface area contributed by atoms with Crippen molar-refractivity contribution in [2.24, 2.45) is 0 Å². The summed E-state index contributed by atoms with van der Waals surface area (Å²) in [6.07, 6.45) is 1.18. The van der Waals surface area contributed by atoms with Gasteiger partial charge in [-0.25, -0.2) is 27.9 Å². The molecule has 0 amide bonds. The van der Waals surface area contributed by atoms with Crippen molar-refractivity contribution in [1.82, 2.24) is 14.7 Å². The summed E-state index contributed by atoms with van der Waals surface area (Å²) < 4.78 is 24.4. The first-order valence-electron chi connectivity index (χ1n) is 5.08. The fourth-order valence-corrected chi connectivity index (χ4v) is 1.74. The summed E-state index contributed by atoms with van der Waals surface area (Å²) in [5.74, 6) is -1.02. The molecule has 0 aliphatic rings. The van der Waals surface area contributed by atoms with Crippen molar-refractivity contribution in [2.75, 3.05) is 24.7 Å². The van der Waals surface area contributed by atoms with Crippen LogP contribution in [0.4, 0.5) is 5.95 Å². The minimum atomic E-state index is -3.28. The Morgan fingerprint density at radius 3 is 2.67 bits per heavy atom. The Bertz CT molecular complexity index is 543. The lowest BCUT2D eigenvalue weighted by molar-refractivity contribution is 0.0695. The number of rotatable bonds is 6. The summed E-state index contributed by atoms with van der Waals surface area (Å²) in [6, 6.07) is 0. The normalized spacial score (nSPS) is 11.2. The van der Waals surface area contributed by atoms with Gasteiger partial charge in [-0.3, -0.25) is 0 Å². The molecule has 0 bridgehead atoms. The first-order chi connectivity index (χ1) is 8.35. The predicted octanol–water partition coefficient (Wildman–Crippen LogP) is -0.556. The van der Waals surface area contributed by atoms with E-state index < -0.39 is 16.0 Å². The number of anilines is 1. The van der Waals surface area contributed by atoms with Crippen molar-refractivity contribution in [3.8, 4) is 0 Å². The molecule has 0 atom stereocenters. The van der Waals surface area contributed by atoms with Gasteiger partial charge in [-0.05, 0) is 14.0 Å². The third-order valence-corrected chi connectivity index (χ3v) is 3.54. The molecule has 1 aromatic rings. The zero-order valence-electron chi connectivity index (χ0n) is 9.97. The molecule has 18 heavy (non-hydrogen) atoms. The van der Waals surface area contributed by atoms with Crippen LogP contribution in [-0.2, 0) is 10.0 Å². The molecule has 0 aliphatic heterocycles. The Morgan fingerprint density at radius 2 is 2.17 bits per heavy atom. The molecule has 0 aliphatic carbocycles. The van der Waals surface area contributed by atoms with Crippen LogP contribution >= 0.6 is 0 Å². The Morgan fingerprint density at radius 1 is 1.50 bits per heavy atom. The fourth-order valence-electron chi connectivity index (χ4n) is 1.16. The lowest BCUT2D eigenvalue weighted by Crippen LogP contribution is -2.26. The Balaban J connectivity index is 2.65. The molecule has 0 saturated heterocycles. The molecule has 8 nitrogen and oxygen atoms in total. The topological polar surface area (TPSA) is 121 Å². The SMILES string of the molecule is CNS(=O)(=O)CCNc1ncc(C(=O)O)c(C)n1. The molecular weight excluding hydrogens is 260 g/mol. The molecule has 0 radical (unpaired) electrons. The van der Waals surface area contributed by atoms with Crippen LogP contribution in [0.2, 0.25) is 0 Å². The Hall–Kier alpha value is -1.74. The van der Waals surface area contributed by atoms with Gasteiger partial charge < -0.3 is 10.4 Å². The molecule has 100 valence electrons. The van der Waals surface area contributed by atoms with Crippen molar-refractivity contribution in [3.05, 3.63) is 17.5 Å². The van der Waals surface area contributed by atoms with E-state index in [9.17, 15) is 13.2 Å². The highest BCUT2D eigenvalue weighted by Gasteiger charge is 2.10. The first kappa shape index (κ1) is 14.3. The second-order valence-corrected chi connectivity index (χ2v) is 5.49. The molecule has 1 rings (SSSR count). The third-order valence-electron chi connectivity index (χ3n) is 2.17. The van der Waals surface area contributed by atoms with E-state index in [2.05, 4.69) is 20.0 Å². The molecule has 0 spiro atoms. The predicted molar refractivity (Wildman–Crippen MR) is 65.1 cm³/mol. The molecule has 0 fully saturated rings. The van der Waals surface area contributed by atoms with Gasteiger partial charge in [0.1, 0.15) is 0 Å². The number of aryl methyl sites for hydroxylation is 1. The van der Waals surface area contributed by atoms with Crippen molar-refractivity contribution in [1.29, 1.82) is 0 Å². The van der Waals surface area contributed by atoms with Gasteiger partial charge in [-0.2, -0.15) is 0 Å². The third kappa shape index (κ3) is 3.93. The number of nitrogens with zero attached hydrogens (tertiary/aromatic N) is 2. The average Bonchev–Trinajstić information content (AvgIpc) is 2.28. The number of carbonyl (C=O) groups is 1. The smallest absolute Gasteiger partial charge is 0.339 e. The molecule has 9 heteroatoms. The standard InChI is InChI=1S/C9H14N4O4S/c1-6-7(8(14)15)5-12-9(13-6)11-3-4-18(16,17)10-2/h5,10H,3-4H2,1-2H3,(H,14,15)(H,11,12,13). The minimum Gasteiger partial charge on any atom is -0.478 e. The summed E-state index contributed by atoms with van der Waals surface area (Å²) in [4.78, 5) is 18.4. The van der Waals surface area contributed by atoms with Gasteiger partial charge in [-0.1, -0.05) is 0 Å². The van der Waals surface area contributed by atoms with Gasteiger partial charge in [-0.15, -0.1) is 0 Å². The minimum absolute atomic E-state index is 0.0170. The van der Waals surface area contributed by atoms with E-state index in [-0.39, 0.29) is 23.8 Å². The number of sulfonamides is 1. The zero-order valence-corrected chi connectivity index (χ0v) is 10.8. The van der Waals surface area contributed by atoms with Crippen molar-refractivity contribution in [2.45, 2.75) is 6.92 Å². The molecule has 0 unspecified atom stereocenters. The van der Waals surface area contributed by atoms with Crippen molar-refractivity contribution >= 4 is 21.9 Å². The first-order valence-corrected chi connectivity index (χ1v) is 6.73. The lowest BCUT2D eigenvalue weighted by Gasteiger charge is -2.06. The highest BCUT2D eigenvalue weighted by atomic mass is 32.2. The lowest BCUT2D eigenvalue weighted by atomic mass is 10.2. The summed E-state index contributed by atoms with van der Waals surface area (Å²) >= 11 is 0.